The first kappa shape index (κ1) is 18.2. The zero-order chi connectivity index (χ0) is 15.8. The molecule has 0 aromatic rings. The maximum Gasteiger partial charge on any atom is 0.401 e. The molecule has 0 unspecified atom stereocenters. The molecule has 20 heavy (non-hydrogen) atoms. The number of alkyl halides is 3. The van der Waals surface area contributed by atoms with Crippen LogP contribution in [-0.2, 0) is 19.1 Å². The first-order valence-electron chi connectivity index (χ1n) is 5.52. The van der Waals surface area contributed by atoms with Crippen LogP contribution in [0.1, 0.15) is 12.8 Å². The van der Waals surface area contributed by atoms with Crippen LogP contribution in [0.2, 0.25) is 0 Å². The number of ether oxygens (including phenoxy) is 1. The van der Waals surface area contributed by atoms with Gasteiger partial charge in [-0.25, -0.2) is 4.79 Å². The number of halogens is 3. The average Bonchev–Trinajstić information content (AvgIpc) is 2.31. The van der Waals surface area contributed by atoms with Crippen molar-refractivity contribution in [2.24, 2.45) is 0 Å². The van der Waals surface area contributed by atoms with Gasteiger partial charge in [0.1, 0.15) is 6.04 Å². The zero-order valence-corrected chi connectivity index (χ0v) is 10.6. The van der Waals surface area contributed by atoms with Gasteiger partial charge in [-0.2, -0.15) is 13.2 Å². The highest BCUT2D eigenvalue weighted by Gasteiger charge is 2.27. The first-order chi connectivity index (χ1) is 9.15. The van der Waals surface area contributed by atoms with E-state index in [-0.39, 0.29) is 12.8 Å². The minimum absolute atomic E-state index is 0.215. The monoisotopic (exact) mass is 300 g/mol. The Balaban J connectivity index is 4.15. The smallest absolute Gasteiger partial charge is 0.401 e. The number of esters is 1. The Morgan fingerprint density at radius 3 is 2.35 bits per heavy atom. The summed E-state index contributed by atoms with van der Waals surface area (Å²) in [7, 11) is 1.12. The van der Waals surface area contributed by atoms with Crippen molar-refractivity contribution < 1.29 is 37.4 Å². The second-order valence-corrected chi connectivity index (χ2v) is 3.79. The summed E-state index contributed by atoms with van der Waals surface area (Å²) in [6.45, 7) is -2.04. The number of aliphatic carboxylic acids is 1. The molecule has 1 amide bonds. The van der Waals surface area contributed by atoms with Gasteiger partial charge in [0, 0.05) is 6.42 Å². The van der Waals surface area contributed by atoms with Crippen LogP contribution in [0.5, 0.6) is 0 Å². The summed E-state index contributed by atoms with van der Waals surface area (Å²) < 4.78 is 39.7. The summed E-state index contributed by atoms with van der Waals surface area (Å²) in [5, 5.41) is 12.6. The highest BCUT2D eigenvalue weighted by Crippen LogP contribution is 2.11. The molecule has 0 heterocycles. The van der Waals surface area contributed by atoms with Gasteiger partial charge in [-0.1, -0.05) is 0 Å². The van der Waals surface area contributed by atoms with Gasteiger partial charge in [-0.05, 0) is 6.42 Å². The number of carboxylic acids is 1. The molecule has 0 saturated heterocycles. The fourth-order valence-electron chi connectivity index (χ4n) is 1.18. The van der Waals surface area contributed by atoms with Crippen LogP contribution in [0, 0.1) is 0 Å². The molecular formula is C10H15F3N2O5. The molecule has 0 aromatic heterocycles. The summed E-state index contributed by atoms with van der Waals surface area (Å²) in [5.41, 5.74) is 0. The molecule has 0 fully saturated rings. The van der Waals surface area contributed by atoms with Gasteiger partial charge in [0.05, 0.1) is 20.2 Å². The van der Waals surface area contributed by atoms with Crippen LogP contribution in [0.3, 0.4) is 0 Å². The lowest BCUT2D eigenvalue weighted by atomic mass is 10.1. The number of hydrogen-bond acceptors (Lipinski definition) is 5. The SMILES string of the molecule is COC(=O)CC[C@@H](NC(=O)CNCC(F)(F)F)C(=O)O. The third kappa shape index (κ3) is 9.14. The summed E-state index contributed by atoms with van der Waals surface area (Å²) in [4.78, 5) is 32.9. The number of amides is 1. The standard InChI is InChI=1S/C10H15F3N2O5/c1-20-8(17)3-2-6(9(18)19)15-7(16)4-14-5-10(11,12)13/h6,14H,2-5H2,1H3,(H,15,16)(H,18,19)/t6-/m1/s1. The lowest BCUT2D eigenvalue weighted by molar-refractivity contribution is -0.144. The van der Waals surface area contributed by atoms with Gasteiger partial charge >= 0.3 is 18.1 Å². The van der Waals surface area contributed by atoms with Gasteiger partial charge < -0.3 is 20.5 Å². The molecular weight excluding hydrogens is 285 g/mol. The Morgan fingerprint density at radius 1 is 1.30 bits per heavy atom. The molecule has 0 aliphatic heterocycles. The largest absolute Gasteiger partial charge is 0.480 e. The Hall–Kier alpha value is -1.84. The Kier molecular flexibility index (Phi) is 7.59. The lowest BCUT2D eigenvalue weighted by Crippen LogP contribution is -2.46. The maximum absolute atomic E-state index is 11.8. The maximum atomic E-state index is 11.8. The van der Waals surface area contributed by atoms with Crippen molar-refractivity contribution in [3.05, 3.63) is 0 Å². The third-order valence-corrected chi connectivity index (χ3v) is 2.11. The predicted octanol–water partition coefficient (Wildman–Crippen LogP) is -0.339. The van der Waals surface area contributed by atoms with E-state index in [9.17, 15) is 27.6 Å². The van der Waals surface area contributed by atoms with Crippen LogP contribution in [0.25, 0.3) is 0 Å². The highest BCUT2D eigenvalue weighted by molar-refractivity contribution is 5.85. The summed E-state index contributed by atoms with van der Waals surface area (Å²) >= 11 is 0. The van der Waals surface area contributed by atoms with E-state index in [1.54, 1.807) is 0 Å². The van der Waals surface area contributed by atoms with Crippen LogP contribution in [0.15, 0.2) is 0 Å². The number of carbonyl (C=O) groups excluding carboxylic acids is 2. The molecule has 10 heteroatoms. The molecule has 0 radical (unpaired) electrons. The van der Waals surface area contributed by atoms with Gasteiger partial charge in [0.15, 0.2) is 0 Å². The Labute approximate surface area is 112 Å². The number of nitrogens with one attached hydrogen (secondary N) is 2. The molecule has 3 N–H and O–H groups in total. The van der Waals surface area contributed by atoms with Crippen molar-refractivity contribution in [1.82, 2.24) is 10.6 Å². The van der Waals surface area contributed by atoms with Crippen LogP contribution >= 0.6 is 0 Å². The molecule has 0 bridgehead atoms. The molecule has 0 aliphatic carbocycles. The van der Waals surface area contributed by atoms with E-state index in [1.807, 2.05) is 10.6 Å². The van der Waals surface area contributed by atoms with E-state index in [0.717, 1.165) is 7.11 Å². The second-order valence-electron chi connectivity index (χ2n) is 3.79. The van der Waals surface area contributed by atoms with E-state index >= 15 is 0 Å². The minimum Gasteiger partial charge on any atom is -0.480 e. The fraction of sp³-hybridized carbons (Fsp3) is 0.700. The van der Waals surface area contributed by atoms with Gasteiger partial charge in [0.2, 0.25) is 5.91 Å². The number of methoxy groups -OCH3 is 1. The average molecular weight is 300 g/mol. The zero-order valence-electron chi connectivity index (χ0n) is 10.6. The molecule has 0 aliphatic rings. The van der Waals surface area contributed by atoms with Crippen molar-refractivity contribution in [2.75, 3.05) is 20.2 Å². The Morgan fingerprint density at radius 2 is 1.90 bits per heavy atom. The third-order valence-electron chi connectivity index (χ3n) is 2.11. The number of hydrogen-bond donors (Lipinski definition) is 3. The quantitative estimate of drug-likeness (QED) is 0.530. The van der Waals surface area contributed by atoms with Gasteiger partial charge in [-0.3, -0.25) is 9.59 Å². The van der Waals surface area contributed by atoms with E-state index in [0.29, 0.717) is 0 Å². The highest BCUT2D eigenvalue weighted by atomic mass is 19.4. The summed E-state index contributed by atoms with van der Waals surface area (Å²) in [6.07, 6.45) is -4.91. The van der Waals surface area contributed by atoms with Crippen molar-refractivity contribution in [3.63, 3.8) is 0 Å². The fourth-order valence-corrected chi connectivity index (χ4v) is 1.18. The van der Waals surface area contributed by atoms with Crippen molar-refractivity contribution in [1.29, 1.82) is 0 Å². The first-order valence-corrected chi connectivity index (χ1v) is 5.52. The normalized spacial score (nSPS) is 12.6. The lowest BCUT2D eigenvalue weighted by Gasteiger charge is -2.14. The van der Waals surface area contributed by atoms with Gasteiger partial charge in [-0.15, -0.1) is 0 Å². The van der Waals surface area contributed by atoms with Crippen LogP contribution in [0.4, 0.5) is 13.2 Å². The topological polar surface area (TPSA) is 105 Å². The minimum atomic E-state index is -4.46. The molecule has 7 nitrogen and oxygen atoms in total. The molecule has 0 rings (SSSR count). The molecule has 116 valence electrons. The van der Waals surface area contributed by atoms with E-state index in [4.69, 9.17) is 5.11 Å². The number of rotatable bonds is 8. The van der Waals surface area contributed by atoms with E-state index in [2.05, 4.69) is 4.74 Å². The Bertz CT molecular complexity index is 359. The molecule has 0 aromatic carbocycles. The predicted molar refractivity (Wildman–Crippen MR) is 59.7 cm³/mol. The molecule has 0 saturated carbocycles. The molecule has 0 spiro atoms. The summed E-state index contributed by atoms with van der Waals surface area (Å²) in [5.74, 6) is -2.95. The van der Waals surface area contributed by atoms with Crippen LogP contribution < -0.4 is 10.6 Å². The van der Waals surface area contributed by atoms with Crippen molar-refractivity contribution in [2.45, 2.75) is 25.1 Å². The molecule has 1 atom stereocenters. The summed E-state index contributed by atoms with van der Waals surface area (Å²) in [6, 6.07) is -1.37. The number of carbonyl (C=O) groups is 3. The van der Waals surface area contributed by atoms with Gasteiger partial charge in [0.25, 0.3) is 0 Å². The van der Waals surface area contributed by atoms with Crippen molar-refractivity contribution >= 4 is 17.8 Å². The second kappa shape index (κ2) is 8.35. The number of carboxylic acid groups (broad SMARTS) is 1. The van der Waals surface area contributed by atoms with Crippen LogP contribution in [-0.4, -0.2) is 55.4 Å². The van der Waals surface area contributed by atoms with E-state index in [1.165, 1.54) is 0 Å². The van der Waals surface area contributed by atoms with E-state index < -0.39 is 43.2 Å². The van der Waals surface area contributed by atoms with Crippen molar-refractivity contribution in [3.8, 4) is 0 Å².